The van der Waals surface area contributed by atoms with E-state index in [-0.39, 0.29) is 6.61 Å². The summed E-state index contributed by atoms with van der Waals surface area (Å²) >= 11 is 0. The summed E-state index contributed by atoms with van der Waals surface area (Å²) in [7, 11) is 2.49. The van der Waals surface area contributed by atoms with E-state index in [2.05, 4.69) is 0 Å². The Bertz CT molecular complexity index is 1850. The van der Waals surface area contributed by atoms with Crippen molar-refractivity contribution in [3.05, 3.63) is 0 Å². The SMILES string of the molecule is COCC1OC(OC2C(O)C(CO)OC(OC3C(O)C(CO)OC(OC4C(O)C(C)OC(COC5OC(CO)C(O)C(OC6OC(CO)C(O)C(OC7OC(CO)C(O)C(O)C7O)C6O)C5O)C4O)C3O)C2O)C(O)C(OC)C1O. The number of rotatable bonds is 21. The minimum absolute atomic E-state index is 0.218. The van der Waals surface area contributed by atoms with Gasteiger partial charge in [0.1, 0.15) is 171 Å². The third-order valence-electron chi connectivity index (χ3n) is 15.2. The maximum atomic E-state index is 11.7. The van der Waals surface area contributed by atoms with Gasteiger partial charge in [-0.3, -0.25) is 0 Å². The molecule has 468 valence electrons. The number of hydrogen-bond acceptors (Lipinski definition) is 35. The molecule has 0 aromatic heterocycles. The maximum absolute atomic E-state index is 11.7. The van der Waals surface area contributed by atoms with E-state index in [0.29, 0.717) is 0 Å². The summed E-state index contributed by atoms with van der Waals surface area (Å²) in [4.78, 5) is 0. The Labute approximate surface area is 454 Å². The van der Waals surface area contributed by atoms with Gasteiger partial charge in [-0.15, -0.1) is 0 Å². The van der Waals surface area contributed by atoms with Gasteiger partial charge in [0.2, 0.25) is 0 Å². The molecule has 7 heterocycles. The van der Waals surface area contributed by atoms with E-state index in [0.717, 1.165) is 0 Å². The molecular formula is C45H78O35. The van der Waals surface area contributed by atoms with Gasteiger partial charge in [0, 0.05) is 14.2 Å². The molecular weight excluding hydrogens is 1100 g/mol. The second-order valence-electron chi connectivity index (χ2n) is 20.4. The highest BCUT2D eigenvalue weighted by atomic mass is 16.8. The fourth-order valence-corrected chi connectivity index (χ4v) is 10.5. The van der Waals surface area contributed by atoms with Gasteiger partial charge in [-0.1, -0.05) is 0 Å². The molecule has 0 saturated carbocycles. The fraction of sp³-hybridized carbons (Fsp3) is 1.00. The van der Waals surface area contributed by atoms with Crippen LogP contribution in [-0.2, 0) is 71.1 Å². The molecule has 35 atom stereocenters. The first-order chi connectivity index (χ1) is 38.0. The Kier molecular flexibility index (Phi) is 23.9. The van der Waals surface area contributed by atoms with Gasteiger partial charge in [-0.2, -0.15) is 0 Å². The van der Waals surface area contributed by atoms with E-state index in [1.165, 1.54) is 21.1 Å². The summed E-state index contributed by atoms with van der Waals surface area (Å²) in [6.45, 7) is -4.35. The summed E-state index contributed by atoms with van der Waals surface area (Å²) < 4.78 is 84.2. The molecule has 7 rings (SSSR count). The summed E-state index contributed by atoms with van der Waals surface area (Å²) in [5.74, 6) is 0. The van der Waals surface area contributed by atoms with Crippen molar-refractivity contribution in [1.82, 2.24) is 0 Å². The lowest BCUT2D eigenvalue weighted by molar-refractivity contribution is -0.388. The highest BCUT2D eigenvalue weighted by Gasteiger charge is 2.58. The maximum Gasteiger partial charge on any atom is 0.187 e. The standard InChI is InChI=1S/C45H78O35/c1-11-19(51)35(76-43-32(64)39(24(56)15(7-49)72-43)80-45-33(65)38(23(55)16(8-50)74-45)79-42-29(61)34(67-3)25(57)17(75-42)9-66-2)26(58)18(69-11)10-68-40-30(62)36(21(53)13(5-47)70-40)78-44-31(63)37(22(54)14(6-48)73-44)77-41-28(60)27(59)20(52)12(4-46)71-41/h11-65H,4-10H2,1-3H3. The van der Waals surface area contributed by atoms with Crippen molar-refractivity contribution in [1.29, 1.82) is 0 Å². The van der Waals surface area contributed by atoms with Crippen LogP contribution in [0.2, 0.25) is 0 Å². The first-order valence-corrected chi connectivity index (χ1v) is 25.7. The van der Waals surface area contributed by atoms with Crippen LogP contribution >= 0.6 is 0 Å². The van der Waals surface area contributed by atoms with Gasteiger partial charge in [-0.25, -0.2) is 0 Å². The first kappa shape index (κ1) is 66.1. The van der Waals surface area contributed by atoms with Gasteiger partial charge in [-0.05, 0) is 6.92 Å². The summed E-state index contributed by atoms with van der Waals surface area (Å²) in [6, 6.07) is 0. The number of hydrogen-bond donors (Lipinski definition) is 20. The Morgan fingerprint density at radius 2 is 0.550 bits per heavy atom. The van der Waals surface area contributed by atoms with E-state index in [1.54, 1.807) is 0 Å². The van der Waals surface area contributed by atoms with Crippen LogP contribution in [0.15, 0.2) is 0 Å². The lowest BCUT2D eigenvalue weighted by Gasteiger charge is -2.49. The van der Waals surface area contributed by atoms with Gasteiger partial charge >= 0.3 is 0 Å². The lowest BCUT2D eigenvalue weighted by Crippen LogP contribution is -2.68. The molecule has 0 aromatic rings. The van der Waals surface area contributed by atoms with Gasteiger partial charge in [0.15, 0.2) is 37.7 Å². The minimum atomic E-state index is -2.15. The molecule has 35 heteroatoms. The zero-order valence-corrected chi connectivity index (χ0v) is 43.2. The molecule has 0 aliphatic carbocycles. The topological polar surface area (TPSA) is 543 Å². The average molecular weight is 1180 g/mol. The normalized spacial score (nSPS) is 52.5. The molecule has 35 unspecified atom stereocenters. The minimum Gasteiger partial charge on any atom is -0.394 e. The lowest BCUT2D eigenvalue weighted by atomic mass is 9.94. The highest BCUT2D eigenvalue weighted by molar-refractivity contribution is 5.01. The Morgan fingerprint density at radius 1 is 0.275 bits per heavy atom. The van der Waals surface area contributed by atoms with Crippen LogP contribution in [0, 0.1) is 0 Å². The van der Waals surface area contributed by atoms with Gasteiger partial charge in [0.05, 0.1) is 52.4 Å². The first-order valence-electron chi connectivity index (χ1n) is 25.7. The predicted molar refractivity (Wildman–Crippen MR) is 245 cm³/mol. The molecule has 0 radical (unpaired) electrons. The summed E-state index contributed by atoms with van der Waals surface area (Å²) in [5, 5.41) is 216. The van der Waals surface area contributed by atoms with Crippen LogP contribution in [0.1, 0.15) is 6.92 Å². The van der Waals surface area contributed by atoms with Crippen molar-refractivity contribution >= 4 is 0 Å². The summed E-state index contributed by atoms with van der Waals surface area (Å²) in [6.07, 6.45) is -63.0. The molecule has 80 heavy (non-hydrogen) atoms. The van der Waals surface area contributed by atoms with Crippen LogP contribution in [0.3, 0.4) is 0 Å². The second kappa shape index (κ2) is 28.9. The zero-order chi connectivity index (χ0) is 58.8. The Balaban J connectivity index is 1.02. The molecule has 20 N–H and O–H groups in total. The number of aliphatic hydroxyl groups excluding tert-OH is 20. The molecule has 0 aromatic carbocycles. The van der Waals surface area contributed by atoms with Crippen molar-refractivity contribution in [2.45, 2.75) is 222 Å². The van der Waals surface area contributed by atoms with Crippen molar-refractivity contribution in [2.75, 3.05) is 60.5 Å². The van der Waals surface area contributed by atoms with E-state index in [1.807, 2.05) is 0 Å². The molecule has 0 bridgehead atoms. The van der Waals surface area contributed by atoms with Crippen molar-refractivity contribution < 1.29 is 173 Å². The molecule has 7 aliphatic heterocycles. The predicted octanol–water partition coefficient (Wildman–Crippen LogP) is -13.9. The highest BCUT2D eigenvalue weighted by Crippen LogP contribution is 2.37. The fourth-order valence-electron chi connectivity index (χ4n) is 10.5. The van der Waals surface area contributed by atoms with E-state index >= 15 is 0 Å². The molecule has 7 aliphatic rings. The number of ether oxygens (including phenoxy) is 15. The van der Waals surface area contributed by atoms with Crippen molar-refractivity contribution in [2.24, 2.45) is 0 Å². The molecule has 0 spiro atoms. The van der Waals surface area contributed by atoms with Crippen LogP contribution < -0.4 is 0 Å². The molecule has 7 saturated heterocycles. The molecule has 35 nitrogen and oxygen atoms in total. The molecule has 7 fully saturated rings. The monoisotopic (exact) mass is 1180 g/mol. The quantitative estimate of drug-likeness (QED) is 0.0507. The van der Waals surface area contributed by atoms with E-state index < -0.39 is 254 Å². The third-order valence-corrected chi connectivity index (χ3v) is 15.2. The van der Waals surface area contributed by atoms with Crippen molar-refractivity contribution in [3.63, 3.8) is 0 Å². The Morgan fingerprint density at radius 3 is 0.912 bits per heavy atom. The summed E-state index contributed by atoms with van der Waals surface area (Å²) in [5.41, 5.74) is 0. The third kappa shape index (κ3) is 13.7. The number of aliphatic hydroxyl groups is 20. The largest absolute Gasteiger partial charge is 0.394 e. The van der Waals surface area contributed by atoms with Gasteiger partial charge in [0.25, 0.3) is 0 Å². The zero-order valence-electron chi connectivity index (χ0n) is 43.2. The van der Waals surface area contributed by atoms with Crippen LogP contribution in [-0.4, -0.2) is 377 Å². The van der Waals surface area contributed by atoms with Crippen LogP contribution in [0.4, 0.5) is 0 Å². The van der Waals surface area contributed by atoms with Gasteiger partial charge < -0.3 is 173 Å². The second-order valence-corrected chi connectivity index (χ2v) is 20.4. The smallest absolute Gasteiger partial charge is 0.187 e. The Hall–Kier alpha value is -1.40. The number of methoxy groups -OCH3 is 2. The van der Waals surface area contributed by atoms with Crippen LogP contribution in [0.5, 0.6) is 0 Å². The molecule has 0 amide bonds. The van der Waals surface area contributed by atoms with Crippen LogP contribution in [0.25, 0.3) is 0 Å². The van der Waals surface area contributed by atoms with Crippen molar-refractivity contribution in [3.8, 4) is 0 Å². The average Bonchev–Trinajstić information content (AvgIpc) is 3.56. The van der Waals surface area contributed by atoms with E-state index in [4.69, 9.17) is 71.1 Å². The van der Waals surface area contributed by atoms with E-state index in [9.17, 15) is 102 Å².